The van der Waals surface area contributed by atoms with Crippen LogP contribution in [0.25, 0.3) is 219 Å². The van der Waals surface area contributed by atoms with Crippen molar-refractivity contribution >= 4 is 130 Å². The van der Waals surface area contributed by atoms with Crippen molar-refractivity contribution in [2.24, 2.45) is 0 Å². The Hall–Kier alpha value is -13.9. The quantitative estimate of drug-likeness (QED) is 0.142. The molecule has 105 heavy (non-hydrogen) atoms. The Kier molecular flexibility index (Phi) is 11.8. The van der Waals surface area contributed by atoms with Crippen molar-refractivity contribution in [2.45, 2.75) is 0 Å². The minimum Gasteiger partial charge on any atom is -0.456 e. The molecule has 0 spiro atoms. The summed E-state index contributed by atoms with van der Waals surface area (Å²) in [6, 6.07) is 105. The van der Waals surface area contributed by atoms with Crippen LogP contribution in [0.1, 0.15) is 13.7 Å². The molecule has 3 nitrogen and oxygen atoms in total. The van der Waals surface area contributed by atoms with Gasteiger partial charge in [0.15, 0.2) is 0 Å². The van der Waals surface area contributed by atoms with Crippen LogP contribution in [0.5, 0.6) is 0 Å². The van der Waals surface area contributed by atoms with Gasteiger partial charge >= 0.3 is 0 Å². The van der Waals surface area contributed by atoms with Gasteiger partial charge in [-0.15, -0.1) is 0 Å². The summed E-state index contributed by atoms with van der Waals surface area (Å²) >= 11 is 0. The third-order valence-electron chi connectivity index (χ3n) is 21.1. The summed E-state index contributed by atoms with van der Waals surface area (Å²) in [6.45, 7) is 0. The number of rotatable bonds is 8. The van der Waals surface area contributed by atoms with Gasteiger partial charge in [0.1, 0.15) is 33.5 Å². The van der Waals surface area contributed by atoms with E-state index in [0.29, 0.717) is 11.1 Å². The van der Waals surface area contributed by atoms with Crippen molar-refractivity contribution in [3.8, 4) is 89.0 Å². The lowest BCUT2D eigenvalue weighted by Crippen LogP contribution is -1.92. The predicted molar refractivity (Wildman–Crippen MR) is 443 cm³/mol. The smallest absolute Gasteiger partial charge is 0.136 e. The Labute approximate surface area is 619 Å². The minimum atomic E-state index is -0.408. The fraction of sp³-hybridized carbons (Fsp3) is 0. The van der Waals surface area contributed by atoms with E-state index < -0.39 is 12.1 Å². The Morgan fingerprint density at radius 3 is 0.895 bits per heavy atom. The number of fused-ring (bicyclic) bond motifs is 15. The zero-order valence-electron chi connectivity index (χ0n) is 66.2. The van der Waals surface area contributed by atoms with Crippen LogP contribution in [-0.2, 0) is 0 Å². The molecule has 22 rings (SSSR count). The predicted octanol–water partition coefficient (Wildman–Crippen LogP) is 29.3. The standard InChI is InChI=1S/C54H32O2.C48H30O/c1-2-14-33(15-3-1)51-40-17-4-6-19-42(40)53(43-20-7-5-18-41(43)51)39-25-13-22-35-36(39)23-12-24-37(35)44-29-31-50-54(45-21-9-11-27-48(45)56-50)52(44)34-28-30-49-46(32-34)38-16-8-10-26-47(38)55-49;1-3-15-31(16-4-1)45-37-19-7-9-21-39(37)47(40-22-10-8-20-38(40)45)36-27-14-24-33-34(36)25-13-26-35(33)41-29-30-44-48(42-23-11-12-28-43(42)49-44)46(41)32-17-5-2-6-18-32/h1-32H;1-30H/i1D,2D,3D,14D,15D;1D,3D,4D,15D,16D. The van der Waals surface area contributed by atoms with Crippen LogP contribution in [0.2, 0.25) is 0 Å². The molecule has 22 aromatic rings. The van der Waals surface area contributed by atoms with Crippen LogP contribution in [0.15, 0.2) is 389 Å². The number of furan rings is 3. The molecule has 0 fully saturated rings. The molecule has 0 radical (unpaired) electrons. The summed E-state index contributed by atoms with van der Waals surface area (Å²) in [4.78, 5) is 0. The molecule has 0 unspecified atom stereocenters. The van der Waals surface area contributed by atoms with E-state index in [0.717, 1.165) is 197 Å². The van der Waals surface area contributed by atoms with E-state index in [2.05, 4.69) is 194 Å². The van der Waals surface area contributed by atoms with E-state index in [-0.39, 0.29) is 59.5 Å². The highest BCUT2D eigenvalue weighted by Gasteiger charge is 2.26. The first-order valence-electron chi connectivity index (χ1n) is 40.2. The summed E-state index contributed by atoms with van der Waals surface area (Å²) in [5, 5.41) is 17.7. The Morgan fingerprint density at radius 2 is 0.467 bits per heavy atom. The van der Waals surface area contributed by atoms with Crippen LogP contribution in [0.4, 0.5) is 0 Å². The van der Waals surface area contributed by atoms with Crippen LogP contribution >= 0.6 is 0 Å². The fourth-order valence-corrected chi connectivity index (χ4v) is 16.8. The summed E-state index contributed by atoms with van der Waals surface area (Å²) in [5.74, 6) is 0. The van der Waals surface area contributed by atoms with Gasteiger partial charge in [0, 0.05) is 43.4 Å². The average molecular weight is 1350 g/mol. The number of hydrogen-bond acceptors (Lipinski definition) is 3. The molecule has 3 heterocycles. The van der Waals surface area contributed by atoms with Crippen molar-refractivity contribution in [3.63, 3.8) is 0 Å². The third kappa shape index (κ3) is 9.60. The normalized spacial score (nSPS) is 13.1. The van der Waals surface area contributed by atoms with Crippen molar-refractivity contribution in [2.75, 3.05) is 0 Å². The highest BCUT2D eigenvalue weighted by molar-refractivity contribution is 6.28. The van der Waals surface area contributed by atoms with Gasteiger partial charge in [-0.05, 0) is 197 Å². The highest BCUT2D eigenvalue weighted by Crippen LogP contribution is 2.52. The summed E-state index contributed by atoms with van der Waals surface area (Å²) < 4.78 is 106. The van der Waals surface area contributed by atoms with E-state index in [1.807, 2.05) is 121 Å². The lowest BCUT2D eigenvalue weighted by atomic mass is 9.83. The second kappa shape index (κ2) is 24.5. The second-order valence-electron chi connectivity index (χ2n) is 26.7. The summed E-state index contributed by atoms with van der Waals surface area (Å²) in [6.07, 6.45) is 0. The molecule has 488 valence electrons. The van der Waals surface area contributed by atoms with Gasteiger partial charge in [-0.3, -0.25) is 0 Å². The van der Waals surface area contributed by atoms with Crippen LogP contribution in [0, 0.1) is 0 Å². The van der Waals surface area contributed by atoms with Crippen LogP contribution in [-0.4, -0.2) is 0 Å². The number of benzene rings is 19. The van der Waals surface area contributed by atoms with Crippen molar-refractivity contribution in [1.29, 1.82) is 0 Å². The molecule has 3 aromatic heterocycles. The Bertz CT molecular complexity index is 7760. The monoisotopic (exact) mass is 1340 g/mol. The van der Waals surface area contributed by atoms with Crippen molar-refractivity contribution in [3.05, 3.63) is 376 Å². The first-order valence-corrected chi connectivity index (χ1v) is 35.2. The molecule has 0 aliphatic carbocycles. The van der Waals surface area contributed by atoms with Gasteiger partial charge in [0.05, 0.1) is 13.7 Å². The van der Waals surface area contributed by atoms with Gasteiger partial charge in [-0.2, -0.15) is 0 Å². The molecule has 0 aliphatic heterocycles. The molecule has 0 saturated carbocycles. The van der Waals surface area contributed by atoms with Crippen molar-refractivity contribution in [1.82, 2.24) is 0 Å². The van der Waals surface area contributed by atoms with E-state index in [1.54, 1.807) is 0 Å². The topological polar surface area (TPSA) is 39.4 Å². The minimum absolute atomic E-state index is 0.196. The average Bonchev–Trinajstić information content (AvgIpc) is 1.70. The lowest BCUT2D eigenvalue weighted by Gasteiger charge is -2.20. The SMILES string of the molecule is [2H]c1c([2H])c([2H])c(-c2c3ccccc3c(-c3cccc4c(-c5ccc6oc7ccccc7c6c5-c5ccc6oc7ccccc7c6c5)cccc34)c3ccccc23)c([2H])c1[2H].[2H]c1c([2H])c([2H])c(-c2c3ccccc3c(-c3cccc4c(-c5ccc6oc7ccccc7c6c5-c5ccccc5)cccc34)c3ccccc23)c([2H])c1[2H]. The molecule has 0 N–H and O–H groups in total. The van der Waals surface area contributed by atoms with Gasteiger partial charge < -0.3 is 13.3 Å². The van der Waals surface area contributed by atoms with Crippen molar-refractivity contribution < 1.29 is 27.0 Å². The molecule has 0 saturated heterocycles. The van der Waals surface area contributed by atoms with E-state index in [9.17, 15) is 0 Å². The summed E-state index contributed by atoms with van der Waals surface area (Å²) in [5.41, 5.74) is 19.5. The molecule has 0 amide bonds. The number of para-hydroxylation sites is 3. The molecule has 0 atom stereocenters. The molecule has 19 aromatic carbocycles. The maximum Gasteiger partial charge on any atom is 0.136 e. The molecule has 0 aliphatic rings. The maximum absolute atomic E-state index is 9.00. The molecular formula is C102H62O3. The zero-order chi connectivity index (χ0) is 77.8. The Balaban J connectivity index is 0.000000145. The van der Waals surface area contributed by atoms with Crippen LogP contribution in [0.3, 0.4) is 0 Å². The summed E-state index contributed by atoms with van der Waals surface area (Å²) in [7, 11) is 0. The van der Waals surface area contributed by atoms with E-state index >= 15 is 0 Å². The van der Waals surface area contributed by atoms with Crippen LogP contribution < -0.4 is 0 Å². The largest absolute Gasteiger partial charge is 0.456 e. The third-order valence-corrected chi connectivity index (χ3v) is 21.1. The van der Waals surface area contributed by atoms with Gasteiger partial charge in [0.25, 0.3) is 0 Å². The lowest BCUT2D eigenvalue weighted by molar-refractivity contribution is 0.668. The molecule has 0 bridgehead atoms. The fourth-order valence-electron chi connectivity index (χ4n) is 16.8. The van der Waals surface area contributed by atoms with Gasteiger partial charge in [0.2, 0.25) is 0 Å². The molecular weight excluding hydrogens is 1270 g/mol. The zero-order valence-corrected chi connectivity index (χ0v) is 56.2. The van der Waals surface area contributed by atoms with E-state index in [1.165, 1.54) is 0 Å². The Morgan fingerprint density at radius 1 is 0.162 bits per heavy atom. The number of hydrogen-bond donors (Lipinski definition) is 0. The second-order valence-corrected chi connectivity index (χ2v) is 26.7. The molecule has 3 heteroatoms. The first-order chi connectivity index (χ1) is 56.3. The van der Waals surface area contributed by atoms with E-state index in [4.69, 9.17) is 27.0 Å². The highest BCUT2D eigenvalue weighted by atomic mass is 16.3. The maximum atomic E-state index is 9.00. The van der Waals surface area contributed by atoms with Gasteiger partial charge in [-0.1, -0.05) is 321 Å². The first kappa shape index (κ1) is 50.5. The van der Waals surface area contributed by atoms with Gasteiger partial charge in [-0.25, -0.2) is 0 Å².